The molecule has 0 aliphatic carbocycles. The van der Waals surface area contributed by atoms with Gasteiger partial charge in [0.15, 0.2) is 11.5 Å². The number of esters is 1. The fraction of sp³-hybridized carbons (Fsp3) is 0.357. The summed E-state index contributed by atoms with van der Waals surface area (Å²) in [6.07, 6.45) is 0. The van der Waals surface area contributed by atoms with Crippen LogP contribution in [0.1, 0.15) is 24.2 Å². The van der Waals surface area contributed by atoms with Gasteiger partial charge < -0.3 is 14.2 Å². The Hall–Kier alpha value is -2.57. The van der Waals surface area contributed by atoms with E-state index in [0.29, 0.717) is 0 Å². The molecule has 7 heteroatoms. The highest BCUT2D eigenvalue weighted by atomic mass is 16.5. The van der Waals surface area contributed by atoms with E-state index < -0.39 is 17.8 Å². The third kappa shape index (κ3) is 3.13. The van der Waals surface area contributed by atoms with Gasteiger partial charge in [-0.1, -0.05) is 0 Å². The van der Waals surface area contributed by atoms with Crippen molar-refractivity contribution in [1.82, 2.24) is 0 Å². The second-order valence-electron chi connectivity index (χ2n) is 4.06. The van der Waals surface area contributed by atoms with Crippen LogP contribution in [0.15, 0.2) is 12.1 Å². The number of carbonyl (C=O) groups excluding carboxylic acids is 3. The van der Waals surface area contributed by atoms with Crippen molar-refractivity contribution in [2.75, 3.05) is 26.2 Å². The van der Waals surface area contributed by atoms with Crippen LogP contribution in [0.2, 0.25) is 0 Å². The summed E-state index contributed by atoms with van der Waals surface area (Å²) < 4.78 is 15.0. The van der Waals surface area contributed by atoms with E-state index in [4.69, 9.17) is 14.2 Å². The average Bonchev–Trinajstić information content (AvgIpc) is 2.44. The third-order valence-corrected chi connectivity index (χ3v) is 2.78. The number of nitrogens with zero attached hydrogens (tertiary/aromatic N) is 1. The van der Waals surface area contributed by atoms with E-state index in [-0.39, 0.29) is 22.7 Å². The topological polar surface area (TPSA) is 82.1 Å². The van der Waals surface area contributed by atoms with Gasteiger partial charge in [-0.25, -0.2) is 4.79 Å². The Bertz CT molecular complexity index is 567. The summed E-state index contributed by atoms with van der Waals surface area (Å²) in [7, 11) is 3.95. The molecule has 0 aliphatic rings. The SMILES string of the molecule is COC(=O)c1c(N(C(C)=O)C(C)=O)ccc(OC)c1OC. The van der Waals surface area contributed by atoms with Crippen molar-refractivity contribution in [2.24, 2.45) is 0 Å². The van der Waals surface area contributed by atoms with Crippen LogP contribution in [-0.4, -0.2) is 39.1 Å². The summed E-state index contributed by atoms with van der Waals surface area (Å²) >= 11 is 0. The molecular formula is C14H17NO6. The highest BCUT2D eigenvalue weighted by Crippen LogP contribution is 2.38. The van der Waals surface area contributed by atoms with Gasteiger partial charge in [-0.2, -0.15) is 0 Å². The van der Waals surface area contributed by atoms with Gasteiger partial charge in [0.2, 0.25) is 11.8 Å². The van der Waals surface area contributed by atoms with Gasteiger partial charge in [0.05, 0.1) is 27.0 Å². The van der Waals surface area contributed by atoms with Crippen LogP contribution < -0.4 is 14.4 Å². The molecule has 0 saturated carbocycles. The number of anilines is 1. The van der Waals surface area contributed by atoms with Crippen molar-refractivity contribution in [3.8, 4) is 11.5 Å². The minimum absolute atomic E-state index is 0.0512. The molecule has 0 saturated heterocycles. The summed E-state index contributed by atoms with van der Waals surface area (Å²) in [6, 6.07) is 2.93. The molecule has 0 atom stereocenters. The maximum absolute atomic E-state index is 12.0. The largest absolute Gasteiger partial charge is 0.493 e. The highest BCUT2D eigenvalue weighted by molar-refractivity contribution is 6.17. The zero-order valence-electron chi connectivity index (χ0n) is 12.6. The Balaban J connectivity index is 3.69. The van der Waals surface area contributed by atoms with Gasteiger partial charge >= 0.3 is 5.97 Å². The fourth-order valence-corrected chi connectivity index (χ4v) is 1.96. The number of imide groups is 1. The Labute approximate surface area is 122 Å². The van der Waals surface area contributed by atoms with E-state index in [1.165, 1.54) is 47.3 Å². The molecule has 114 valence electrons. The van der Waals surface area contributed by atoms with Crippen molar-refractivity contribution in [3.63, 3.8) is 0 Å². The first-order valence-corrected chi connectivity index (χ1v) is 6.03. The van der Waals surface area contributed by atoms with Crippen LogP contribution in [0.25, 0.3) is 0 Å². The minimum atomic E-state index is -0.742. The van der Waals surface area contributed by atoms with Crippen LogP contribution in [0.5, 0.6) is 11.5 Å². The van der Waals surface area contributed by atoms with E-state index in [1.807, 2.05) is 0 Å². The van der Waals surface area contributed by atoms with Crippen molar-refractivity contribution in [3.05, 3.63) is 17.7 Å². The molecule has 0 spiro atoms. The maximum Gasteiger partial charge on any atom is 0.343 e. The van der Waals surface area contributed by atoms with Crippen LogP contribution in [-0.2, 0) is 14.3 Å². The van der Waals surface area contributed by atoms with Crippen molar-refractivity contribution >= 4 is 23.5 Å². The van der Waals surface area contributed by atoms with E-state index >= 15 is 0 Å². The number of carbonyl (C=O) groups is 3. The summed E-state index contributed by atoms with van der Waals surface area (Å²) in [5.41, 5.74) is 0.0317. The molecule has 0 heterocycles. The Morgan fingerprint density at radius 1 is 0.952 bits per heavy atom. The molecule has 1 aromatic carbocycles. The second kappa shape index (κ2) is 6.74. The predicted molar refractivity (Wildman–Crippen MR) is 74.7 cm³/mol. The molecule has 0 unspecified atom stereocenters. The number of benzene rings is 1. The molecule has 21 heavy (non-hydrogen) atoms. The first-order chi connectivity index (χ1) is 9.88. The number of rotatable bonds is 4. The number of methoxy groups -OCH3 is 3. The van der Waals surface area contributed by atoms with E-state index in [1.54, 1.807) is 0 Å². The lowest BCUT2D eigenvalue weighted by atomic mass is 10.1. The van der Waals surface area contributed by atoms with Gasteiger partial charge in [0.25, 0.3) is 0 Å². The normalized spacial score (nSPS) is 9.76. The summed E-state index contributed by atoms with van der Waals surface area (Å²) in [6.45, 7) is 2.44. The van der Waals surface area contributed by atoms with Gasteiger partial charge in [-0.05, 0) is 12.1 Å². The van der Waals surface area contributed by atoms with Crippen LogP contribution in [0.3, 0.4) is 0 Å². The molecule has 0 aliphatic heterocycles. The van der Waals surface area contributed by atoms with Crippen molar-refractivity contribution in [2.45, 2.75) is 13.8 Å². The number of hydrogen-bond acceptors (Lipinski definition) is 6. The van der Waals surface area contributed by atoms with Gasteiger partial charge in [0.1, 0.15) is 5.56 Å². The first kappa shape index (κ1) is 16.5. The summed E-state index contributed by atoms with van der Waals surface area (Å²) in [5, 5.41) is 0. The van der Waals surface area contributed by atoms with Gasteiger partial charge in [0, 0.05) is 13.8 Å². The quantitative estimate of drug-likeness (QED) is 0.781. The van der Waals surface area contributed by atoms with Crippen LogP contribution in [0.4, 0.5) is 5.69 Å². The lowest BCUT2D eigenvalue weighted by molar-refractivity contribution is -0.124. The molecule has 0 aromatic heterocycles. The molecule has 0 radical (unpaired) electrons. The van der Waals surface area contributed by atoms with Crippen molar-refractivity contribution in [1.29, 1.82) is 0 Å². The second-order valence-corrected chi connectivity index (χ2v) is 4.06. The van der Waals surface area contributed by atoms with E-state index in [2.05, 4.69) is 0 Å². The zero-order valence-corrected chi connectivity index (χ0v) is 12.6. The Morgan fingerprint density at radius 2 is 1.52 bits per heavy atom. The molecule has 7 nitrogen and oxygen atoms in total. The Morgan fingerprint density at radius 3 is 1.90 bits per heavy atom. The molecule has 0 bridgehead atoms. The van der Waals surface area contributed by atoms with Crippen LogP contribution >= 0.6 is 0 Å². The maximum atomic E-state index is 12.0. The highest BCUT2D eigenvalue weighted by Gasteiger charge is 2.28. The predicted octanol–water partition coefficient (Wildman–Crippen LogP) is 1.39. The standard InChI is InChI=1S/C14H17NO6/c1-8(16)15(9(2)17)10-6-7-11(19-3)13(20-4)12(10)14(18)21-5/h6-7H,1-5H3. The van der Waals surface area contributed by atoms with E-state index in [0.717, 1.165) is 4.90 Å². The molecule has 0 fully saturated rings. The lowest BCUT2D eigenvalue weighted by Crippen LogP contribution is -2.34. The van der Waals surface area contributed by atoms with Gasteiger partial charge in [-0.3, -0.25) is 14.5 Å². The fourth-order valence-electron chi connectivity index (χ4n) is 1.96. The molecule has 1 aromatic rings. The number of ether oxygens (including phenoxy) is 3. The number of hydrogen-bond donors (Lipinski definition) is 0. The first-order valence-electron chi connectivity index (χ1n) is 6.03. The summed E-state index contributed by atoms with van der Waals surface area (Å²) in [5.74, 6) is -1.42. The molecule has 1 rings (SSSR count). The Kier molecular flexibility index (Phi) is 5.29. The minimum Gasteiger partial charge on any atom is -0.493 e. The van der Waals surface area contributed by atoms with Gasteiger partial charge in [-0.15, -0.1) is 0 Å². The number of amides is 2. The zero-order chi connectivity index (χ0) is 16.2. The molecule has 0 N–H and O–H groups in total. The molecular weight excluding hydrogens is 278 g/mol. The van der Waals surface area contributed by atoms with Crippen LogP contribution in [0, 0.1) is 0 Å². The van der Waals surface area contributed by atoms with E-state index in [9.17, 15) is 14.4 Å². The smallest absolute Gasteiger partial charge is 0.343 e. The third-order valence-electron chi connectivity index (χ3n) is 2.78. The van der Waals surface area contributed by atoms with Crippen molar-refractivity contribution < 1.29 is 28.6 Å². The summed E-state index contributed by atoms with van der Waals surface area (Å²) in [4.78, 5) is 36.3. The monoisotopic (exact) mass is 295 g/mol. The lowest BCUT2D eigenvalue weighted by Gasteiger charge is -2.22. The molecule has 2 amide bonds. The average molecular weight is 295 g/mol.